The topological polar surface area (TPSA) is 37.8 Å². The second kappa shape index (κ2) is 7.88. The Morgan fingerprint density at radius 3 is 2.53 bits per heavy atom. The van der Waals surface area contributed by atoms with Crippen molar-refractivity contribution in [3.8, 4) is 0 Å². The summed E-state index contributed by atoms with van der Waals surface area (Å²) in [5.41, 5.74) is 0. The van der Waals surface area contributed by atoms with Crippen LogP contribution in [0.5, 0.6) is 0 Å². The van der Waals surface area contributed by atoms with Crippen LogP contribution in [0.25, 0.3) is 0 Å². The highest BCUT2D eigenvalue weighted by Crippen LogP contribution is 2.17. The van der Waals surface area contributed by atoms with Gasteiger partial charge >= 0.3 is 0 Å². The van der Waals surface area contributed by atoms with Gasteiger partial charge < -0.3 is 5.32 Å². The van der Waals surface area contributed by atoms with Gasteiger partial charge in [0.2, 0.25) is 0 Å². The lowest BCUT2D eigenvalue weighted by Gasteiger charge is -2.02. The van der Waals surface area contributed by atoms with Crippen molar-refractivity contribution in [3.05, 3.63) is 5.15 Å². The molecule has 0 atom stereocenters. The van der Waals surface area contributed by atoms with Gasteiger partial charge in [0.25, 0.3) is 0 Å². The highest BCUT2D eigenvalue weighted by Gasteiger charge is 2.02. The number of hydrogen-bond acceptors (Lipinski definition) is 4. The lowest BCUT2D eigenvalue weighted by atomic mass is 10.1. The maximum Gasteiger partial charge on any atom is 0.186 e. The Morgan fingerprint density at radius 2 is 1.87 bits per heavy atom. The molecule has 0 aliphatic rings. The van der Waals surface area contributed by atoms with Crippen LogP contribution in [0.4, 0.5) is 5.82 Å². The maximum atomic E-state index is 5.80. The number of unbranched alkanes of at least 4 members (excludes halogenated alkanes) is 5. The van der Waals surface area contributed by atoms with E-state index in [1.807, 2.05) is 0 Å². The molecule has 5 heteroatoms. The number of halogens is 1. The molecule has 1 heterocycles. The standard InChI is InChI=1S/C10H18ClN3S/c1-2-3-4-5-6-7-8-12-10-9(11)13-15-14-10/h2-8H2,1H3,(H,12,14). The minimum absolute atomic E-state index is 0.492. The first kappa shape index (κ1) is 12.7. The van der Waals surface area contributed by atoms with Crippen molar-refractivity contribution in [2.24, 2.45) is 0 Å². The van der Waals surface area contributed by atoms with Crippen molar-refractivity contribution in [1.29, 1.82) is 0 Å². The number of rotatable bonds is 8. The van der Waals surface area contributed by atoms with Gasteiger partial charge in [-0.3, -0.25) is 0 Å². The van der Waals surface area contributed by atoms with Crippen molar-refractivity contribution in [1.82, 2.24) is 8.75 Å². The van der Waals surface area contributed by atoms with Crippen molar-refractivity contribution in [2.45, 2.75) is 45.4 Å². The summed E-state index contributed by atoms with van der Waals surface area (Å²) in [5, 5.41) is 3.68. The van der Waals surface area contributed by atoms with Crippen LogP contribution in [-0.4, -0.2) is 15.3 Å². The normalized spacial score (nSPS) is 10.5. The average Bonchev–Trinajstić information content (AvgIpc) is 2.63. The predicted octanol–water partition coefficient (Wildman–Crippen LogP) is 3.96. The SMILES string of the molecule is CCCCCCCCNc1nsnc1Cl. The van der Waals surface area contributed by atoms with Gasteiger partial charge in [-0.15, -0.1) is 0 Å². The number of anilines is 1. The van der Waals surface area contributed by atoms with E-state index in [0.29, 0.717) is 5.15 Å². The van der Waals surface area contributed by atoms with Gasteiger partial charge in [0.05, 0.1) is 11.7 Å². The Bertz CT molecular complexity index is 265. The molecule has 0 saturated heterocycles. The van der Waals surface area contributed by atoms with Crippen LogP contribution in [0, 0.1) is 0 Å². The van der Waals surface area contributed by atoms with E-state index in [-0.39, 0.29) is 0 Å². The highest BCUT2D eigenvalue weighted by molar-refractivity contribution is 6.99. The van der Waals surface area contributed by atoms with E-state index >= 15 is 0 Å². The van der Waals surface area contributed by atoms with Gasteiger partial charge in [0, 0.05) is 6.54 Å². The minimum Gasteiger partial charge on any atom is -0.367 e. The average molecular weight is 248 g/mol. The number of nitrogens with one attached hydrogen (secondary N) is 1. The van der Waals surface area contributed by atoms with Gasteiger partial charge in [-0.2, -0.15) is 8.75 Å². The molecule has 86 valence electrons. The molecule has 1 aromatic heterocycles. The van der Waals surface area contributed by atoms with Crippen LogP contribution in [0.3, 0.4) is 0 Å². The van der Waals surface area contributed by atoms with Crippen LogP contribution < -0.4 is 5.32 Å². The first-order valence-corrected chi connectivity index (χ1v) is 6.67. The molecule has 0 aliphatic carbocycles. The zero-order valence-electron chi connectivity index (χ0n) is 9.13. The molecule has 15 heavy (non-hydrogen) atoms. The lowest BCUT2D eigenvalue weighted by Crippen LogP contribution is -2.01. The monoisotopic (exact) mass is 247 g/mol. The van der Waals surface area contributed by atoms with Crippen LogP contribution in [-0.2, 0) is 0 Å². The van der Waals surface area contributed by atoms with Crippen molar-refractivity contribution in [2.75, 3.05) is 11.9 Å². The molecule has 0 fully saturated rings. The minimum atomic E-state index is 0.492. The summed E-state index contributed by atoms with van der Waals surface area (Å²) >= 11 is 6.94. The van der Waals surface area contributed by atoms with Crippen LogP contribution in [0.15, 0.2) is 0 Å². The molecule has 1 aromatic rings. The molecule has 3 nitrogen and oxygen atoms in total. The molecule has 0 aromatic carbocycles. The van der Waals surface area contributed by atoms with Gasteiger partial charge in [-0.25, -0.2) is 0 Å². The van der Waals surface area contributed by atoms with Crippen molar-refractivity contribution < 1.29 is 0 Å². The number of aromatic nitrogens is 2. The number of hydrogen-bond donors (Lipinski definition) is 1. The van der Waals surface area contributed by atoms with E-state index in [9.17, 15) is 0 Å². The molecular weight excluding hydrogens is 230 g/mol. The third-order valence-electron chi connectivity index (χ3n) is 2.27. The Hall–Kier alpha value is -0.350. The second-order valence-corrected chi connectivity index (χ2v) is 4.48. The molecule has 0 spiro atoms. The van der Waals surface area contributed by atoms with Crippen molar-refractivity contribution >= 4 is 29.1 Å². The van der Waals surface area contributed by atoms with E-state index in [1.165, 1.54) is 38.5 Å². The summed E-state index contributed by atoms with van der Waals surface area (Å²) in [6.07, 6.45) is 7.81. The van der Waals surface area contributed by atoms with Crippen LogP contribution >= 0.6 is 23.3 Å². The Morgan fingerprint density at radius 1 is 1.13 bits per heavy atom. The molecular formula is C10H18ClN3S. The molecule has 0 bridgehead atoms. The smallest absolute Gasteiger partial charge is 0.186 e. The Labute approximate surface area is 101 Å². The summed E-state index contributed by atoms with van der Waals surface area (Å²) < 4.78 is 7.94. The lowest BCUT2D eigenvalue weighted by molar-refractivity contribution is 0.617. The first-order valence-electron chi connectivity index (χ1n) is 5.56. The van der Waals surface area contributed by atoms with Gasteiger partial charge in [-0.1, -0.05) is 50.6 Å². The predicted molar refractivity (Wildman–Crippen MR) is 66.8 cm³/mol. The van der Waals surface area contributed by atoms with Gasteiger partial charge in [0.1, 0.15) is 0 Å². The Kier molecular flexibility index (Phi) is 6.68. The first-order chi connectivity index (χ1) is 7.34. The summed E-state index contributed by atoms with van der Waals surface area (Å²) in [6.45, 7) is 3.18. The van der Waals surface area contributed by atoms with E-state index in [2.05, 4.69) is 21.0 Å². The Balaban J connectivity index is 1.96. The number of nitrogens with zero attached hydrogens (tertiary/aromatic N) is 2. The van der Waals surface area contributed by atoms with E-state index in [1.54, 1.807) is 0 Å². The summed E-state index contributed by atoms with van der Waals surface area (Å²) in [5.74, 6) is 0.732. The summed E-state index contributed by atoms with van der Waals surface area (Å²) in [7, 11) is 0. The third kappa shape index (κ3) is 5.33. The second-order valence-electron chi connectivity index (χ2n) is 3.60. The third-order valence-corrected chi connectivity index (χ3v) is 3.16. The molecule has 0 aliphatic heterocycles. The molecule has 0 amide bonds. The fourth-order valence-electron chi connectivity index (χ4n) is 1.40. The zero-order chi connectivity index (χ0) is 10.9. The van der Waals surface area contributed by atoms with E-state index in [4.69, 9.17) is 11.6 Å². The van der Waals surface area contributed by atoms with Gasteiger partial charge in [-0.05, 0) is 6.42 Å². The molecule has 1 rings (SSSR count). The largest absolute Gasteiger partial charge is 0.367 e. The molecule has 0 saturated carbocycles. The molecule has 1 N–H and O–H groups in total. The van der Waals surface area contributed by atoms with Crippen molar-refractivity contribution in [3.63, 3.8) is 0 Å². The summed E-state index contributed by atoms with van der Waals surface area (Å²) in [6, 6.07) is 0. The fourth-order valence-corrected chi connectivity index (χ4v) is 2.08. The molecule has 0 radical (unpaired) electrons. The van der Waals surface area contributed by atoms with Gasteiger partial charge in [0.15, 0.2) is 11.0 Å². The maximum absolute atomic E-state index is 5.80. The van der Waals surface area contributed by atoms with Crippen LogP contribution in [0.2, 0.25) is 5.15 Å². The summed E-state index contributed by atoms with van der Waals surface area (Å²) in [4.78, 5) is 0. The van der Waals surface area contributed by atoms with E-state index in [0.717, 1.165) is 24.1 Å². The zero-order valence-corrected chi connectivity index (χ0v) is 10.7. The molecule has 0 unspecified atom stereocenters. The van der Waals surface area contributed by atoms with Crippen LogP contribution in [0.1, 0.15) is 45.4 Å². The quantitative estimate of drug-likeness (QED) is 0.707. The highest BCUT2D eigenvalue weighted by atomic mass is 35.5. The van der Waals surface area contributed by atoms with E-state index < -0.39 is 0 Å². The fraction of sp³-hybridized carbons (Fsp3) is 0.800.